The molecule has 4 rings (SSSR count). The Hall–Kier alpha value is -2.26. The van der Waals surface area contributed by atoms with E-state index in [4.69, 9.17) is 4.74 Å². The van der Waals surface area contributed by atoms with E-state index in [0.29, 0.717) is 10.0 Å². The average molecular weight is 490 g/mol. The van der Waals surface area contributed by atoms with E-state index in [-0.39, 0.29) is 17.0 Å². The molecule has 7 nitrogen and oxygen atoms in total. The molecule has 34 heavy (non-hydrogen) atoms. The zero-order valence-corrected chi connectivity index (χ0v) is 21.0. The number of carbonyl (C=O) groups is 1. The van der Waals surface area contributed by atoms with Crippen LogP contribution in [0, 0.1) is 12.8 Å². The lowest BCUT2D eigenvalue weighted by atomic mass is 9.80. The molecule has 1 aliphatic heterocycles. The van der Waals surface area contributed by atoms with E-state index in [2.05, 4.69) is 14.1 Å². The van der Waals surface area contributed by atoms with Gasteiger partial charge in [-0.2, -0.15) is 0 Å². The van der Waals surface area contributed by atoms with Crippen LogP contribution in [0.5, 0.6) is 0 Å². The van der Waals surface area contributed by atoms with Crippen molar-refractivity contribution in [2.24, 2.45) is 5.92 Å². The zero-order chi connectivity index (χ0) is 25.0. The topological polar surface area (TPSA) is 104 Å². The molecule has 1 heterocycles. The molecule has 1 N–H and O–H groups in total. The van der Waals surface area contributed by atoms with Gasteiger partial charge in [0, 0.05) is 18.8 Å². The number of aryl methyl sites for hydroxylation is 1. The van der Waals surface area contributed by atoms with Crippen LogP contribution in [0.25, 0.3) is 0 Å². The van der Waals surface area contributed by atoms with E-state index in [1.165, 1.54) is 12.1 Å². The number of aliphatic hydroxyl groups is 1. The molecular formula is C26H35NO6S. The highest BCUT2D eigenvalue weighted by atomic mass is 32.2. The first-order valence-corrected chi connectivity index (χ1v) is 13.2. The molecule has 2 aromatic rings. The largest absolute Gasteiger partial charge is 0.744 e. The standard InChI is InChI=1S/C19H28NO3.C7H8O3S/c1-20(2)14-8-13-17(20)23-18(21)19(22,16-11-6-7-12-16)15-9-4-3-5-10-15;1-6-2-4-7(5-3-6)11(8,9)10/h3-5,9-10,16-17,22H,6-8,11-14H2,1-2H3;2-5H,1H3,(H,8,9,10)/q+1;/p-1/t17?,19-;/m0./s1. The van der Waals surface area contributed by atoms with Crippen molar-refractivity contribution in [2.75, 3.05) is 20.6 Å². The highest BCUT2D eigenvalue weighted by Gasteiger charge is 2.50. The van der Waals surface area contributed by atoms with Gasteiger partial charge >= 0.3 is 5.97 Å². The van der Waals surface area contributed by atoms with Gasteiger partial charge in [0.25, 0.3) is 0 Å². The van der Waals surface area contributed by atoms with Gasteiger partial charge in [0.05, 0.1) is 25.5 Å². The number of hydrogen-bond donors (Lipinski definition) is 1. The van der Waals surface area contributed by atoms with Gasteiger partial charge in [-0.1, -0.05) is 60.9 Å². The first-order valence-electron chi connectivity index (χ1n) is 11.8. The summed E-state index contributed by atoms with van der Waals surface area (Å²) in [6.07, 6.45) is 5.66. The summed E-state index contributed by atoms with van der Waals surface area (Å²) in [5, 5.41) is 11.4. The van der Waals surface area contributed by atoms with Crippen molar-refractivity contribution in [1.82, 2.24) is 0 Å². The summed E-state index contributed by atoms with van der Waals surface area (Å²) < 4.78 is 37.7. The third-order valence-electron chi connectivity index (χ3n) is 6.99. The molecule has 8 heteroatoms. The Morgan fingerprint density at radius 1 is 1.00 bits per heavy atom. The molecule has 0 aromatic heterocycles. The zero-order valence-electron chi connectivity index (χ0n) is 20.1. The van der Waals surface area contributed by atoms with Gasteiger partial charge in [0.1, 0.15) is 10.1 Å². The molecule has 2 fully saturated rings. The minimum Gasteiger partial charge on any atom is -0.744 e. The van der Waals surface area contributed by atoms with Gasteiger partial charge in [-0.15, -0.1) is 0 Å². The van der Waals surface area contributed by atoms with Gasteiger partial charge in [-0.05, 0) is 37.5 Å². The van der Waals surface area contributed by atoms with Crippen LogP contribution >= 0.6 is 0 Å². The quantitative estimate of drug-likeness (QED) is 0.390. The molecule has 1 saturated carbocycles. The third kappa shape index (κ3) is 6.05. The molecule has 0 spiro atoms. The van der Waals surface area contributed by atoms with Crippen molar-refractivity contribution in [2.45, 2.75) is 62.2 Å². The second-order valence-corrected chi connectivity index (χ2v) is 11.3. The van der Waals surface area contributed by atoms with Crippen LogP contribution in [0.1, 0.15) is 49.7 Å². The molecule has 1 saturated heterocycles. The Bertz CT molecular complexity index is 1060. The minimum atomic E-state index is -4.27. The van der Waals surface area contributed by atoms with Gasteiger partial charge in [-0.3, -0.25) is 4.48 Å². The molecule has 2 aromatic carbocycles. The van der Waals surface area contributed by atoms with E-state index < -0.39 is 21.7 Å². The van der Waals surface area contributed by atoms with Crippen LogP contribution in [0.2, 0.25) is 0 Å². The summed E-state index contributed by atoms with van der Waals surface area (Å²) in [6, 6.07) is 15.1. The number of likely N-dealkylation sites (tertiary alicyclic amines) is 1. The lowest BCUT2D eigenvalue weighted by Crippen LogP contribution is -2.51. The fraction of sp³-hybridized carbons (Fsp3) is 0.500. The van der Waals surface area contributed by atoms with E-state index in [1.54, 1.807) is 12.1 Å². The molecule has 1 aliphatic carbocycles. The maximum atomic E-state index is 13.0. The third-order valence-corrected chi connectivity index (χ3v) is 7.84. The maximum absolute atomic E-state index is 13.0. The van der Waals surface area contributed by atoms with Crippen molar-refractivity contribution in [3.05, 3.63) is 65.7 Å². The molecule has 0 amide bonds. The highest BCUT2D eigenvalue weighted by molar-refractivity contribution is 7.85. The Morgan fingerprint density at radius 2 is 1.59 bits per heavy atom. The summed E-state index contributed by atoms with van der Waals surface area (Å²) in [4.78, 5) is 12.8. The molecule has 1 unspecified atom stereocenters. The predicted molar refractivity (Wildman–Crippen MR) is 128 cm³/mol. The van der Waals surface area contributed by atoms with E-state index in [0.717, 1.165) is 50.6 Å². The van der Waals surface area contributed by atoms with Crippen LogP contribution < -0.4 is 0 Å². The second-order valence-electron chi connectivity index (χ2n) is 9.89. The van der Waals surface area contributed by atoms with E-state index in [1.807, 2.05) is 37.3 Å². The molecular weight excluding hydrogens is 454 g/mol. The molecule has 2 aliphatic rings. The van der Waals surface area contributed by atoms with Crippen molar-refractivity contribution < 1.29 is 32.1 Å². The first kappa shape index (κ1) is 26.3. The van der Waals surface area contributed by atoms with Crippen LogP contribution in [0.3, 0.4) is 0 Å². The van der Waals surface area contributed by atoms with Crippen molar-refractivity contribution in [3.8, 4) is 0 Å². The summed E-state index contributed by atoms with van der Waals surface area (Å²) >= 11 is 0. The molecule has 0 radical (unpaired) electrons. The Kier molecular flexibility index (Phi) is 8.18. The SMILES string of the molecule is C[N+]1(C)CCCC1OC(=O)[C@](O)(c1ccccc1)C1CCCC1.Cc1ccc(S(=O)(=O)[O-])cc1. The Labute approximate surface area is 202 Å². The summed E-state index contributed by atoms with van der Waals surface area (Å²) in [7, 11) is -0.0988. The lowest BCUT2D eigenvalue weighted by molar-refractivity contribution is -0.921. The van der Waals surface area contributed by atoms with Crippen LogP contribution in [0.15, 0.2) is 59.5 Å². The average Bonchev–Trinajstić information content (AvgIpc) is 3.44. The summed E-state index contributed by atoms with van der Waals surface area (Å²) in [5.41, 5.74) is 0.0815. The van der Waals surface area contributed by atoms with Crippen LogP contribution in [-0.4, -0.2) is 55.4 Å². The van der Waals surface area contributed by atoms with Gasteiger partial charge in [-0.25, -0.2) is 13.2 Å². The maximum Gasteiger partial charge on any atom is 0.347 e. The lowest BCUT2D eigenvalue weighted by Gasteiger charge is -2.36. The van der Waals surface area contributed by atoms with Gasteiger partial charge in [0.2, 0.25) is 6.23 Å². The Balaban J connectivity index is 0.000000248. The van der Waals surface area contributed by atoms with Crippen molar-refractivity contribution in [1.29, 1.82) is 0 Å². The fourth-order valence-corrected chi connectivity index (χ4v) is 5.31. The number of rotatable bonds is 5. The summed E-state index contributed by atoms with van der Waals surface area (Å²) in [6.45, 7) is 2.83. The minimum absolute atomic E-state index is 0.0468. The number of benzene rings is 2. The van der Waals surface area contributed by atoms with Crippen molar-refractivity contribution in [3.63, 3.8) is 0 Å². The van der Waals surface area contributed by atoms with Crippen LogP contribution in [-0.2, 0) is 25.3 Å². The van der Waals surface area contributed by atoms with Crippen molar-refractivity contribution >= 4 is 16.1 Å². The second kappa shape index (κ2) is 10.6. The van der Waals surface area contributed by atoms with Gasteiger partial charge in [0.15, 0.2) is 5.60 Å². The molecule has 2 atom stereocenters. The molecule has 0 bridgehead atoms. The number of quaternary nitrogens is 1. The number of esters is 1. The highest BCUT2D eigenvalue weighted by Crippen LogP contribution is 2.42. The Morgan fingerprint density at radius 3 is 2.09 bits per heavy atom. The predicted octanol–water partition coefficient (Wildman–Crippen LogP) is 3.70. The number of hydrogen-bond acceptors (Lipinski definition) is 6. The normalized spacial score (nSPS) is 21.9. The monoisotopic (exact) mass is 489 g/mol. The summed E-state index contributed by atoms with van der Waals surface area (Å²) in [5.74, 6) is -0.511. The number of nitrogens with zero attached hydrogens (tertiary/aromatic N) is 1. The van der Waals surface area contributed by atoms with E-state index >= 15 is 0 Å². The molecule has 186 valence electrons. The first-order chi connectivity index (χ1) is 15.9. The number of carbonyl (C=O) groups excluding carboxylic acids is 1. The number of ether oxygens (including phenoxy) is 1. The van der Waals surface area contributed by atoms with Crippen LogP contribution in [0.4, 0.5) is 0 Å². The van der Waals surface area contributed by atoms with E-state index in [9.17, 15) is 22.9 Å². The van der Waals surface area contributed by atoms with Gasteiger partial charge < -0.3 is 14.4 Å². The smallest absolute Gasteiger partial charge is 0.347 e. The fourth-order valence-electron chi connectivity index (χ4n) is 4.84.